The molecule has 2 aromatic rings. The van der Waals surface area contributed by atoms with Gasteiger partial charge in [0.25, 0.3) is 0 Å². The Kier molecular flexibility index (Phi) is 6.91. The molecule has 0 heterocycles. The van der Waals surface area contributed by atoms with Crippen LogP contribution >= 0.6 is 15.9 Å². The van der Waals surface area contributed by atoms with E-state index in [1.165, 1.54) is 6.92 Å². The first kappa shape index (κ1) is 19.7. The van der Waals surface area contributed by atoms with Crippen LogP contribution in [0.15, 0.2) is 46.9 Å². The van der Waals surface area contributed by atoms with Gasteiger partial charge in [0.1, 0.15) is 0 Å². The molecule has 6 nitrogen and oxygen atoms in total. The minimum Gasteiger partial charge on any atom is -0.347 e. The molecule has 0 aliphatic heterocycles. The smallest absolute Gasteiger partial charge is 0.243 e. The minimum absolute atomic E-state index is 0.0989. The lowest BCUT2D eigenvalue weighted by Crippen LogP contribution is -2.33. The maximum Gasteiger partial charge on any atom is 0.243 e. The van der Waals surface area contributed by atoms with E-state index in [2.05, 4.69) is 31.9 Å². The molecule has 0 saturated heterocycles. The number of amides is 3. The minimum atomic E-state index is -0.287. The van der Waals surface area contributed by atoms with Gasteiger partial charge in [-0.3, -0.25) is 14.4 Å². The third-order valence-corrected chi connectivity index (χ3v) is 4.04. The Morgan fingerprint density at radius 1 is 0.962 bits per heavy atom. The third kappa shape index (κ3) is 6.33. The summed E-state index contributed by atoms with van der Waals surface area (Å²) in [5.74, 6) is -0.688. The van der Waals surface area contributed by atoms with Crippen molar-refractivity contribution in [3.63, 3.8) is 0 Å². The highest BCUT2D eigenvalue weighted by atomic mass is 79.9. The Morgan fingerprint density at radius 3 is 2.27 bits per heavy atom. The molecule has 0 radical (unpaired) electrons. The van der Waals surface area contributed by atoms with Gasteiger partial charge in [0.2, 0.25) is 17.7 Å². The number of benzene rings is 2. The van der Waals surface area contributed by atoms with E-state index in [1.807, 2.05) is 19.1 Å². The molecule has 136 valence electrons. The lowest BCUT2D eigenvalue weighted by atomic mass is 10.1. The van der Waals surface area contributed by atoms with Crippen molar-refractivity contribution < 1.29 is 14.4 Å². The average Bonchev–Trinajstić information content (AvgIpc) is 2.57. The Morgan fingerprint density at radius 2 is 1.65 bits per heavy atom. The topological polar surface area (TPSA) is 87.3 Å². The van der Waals surface area contributed by atoms with Gasteiger partial charge in [-0.05, 0) is 48.4 Å². The highest BCUT2D eigenvalue weighted by Crippen LogP contribution is 2.19. The second-order valence-electron chi connectivity index (χ2n) is 5.84. The number of rotatable bonds is 6. The van der Waals surface area contributed by atoms with E-state index in [-0.39, 0.29) is 30.7 Å². The standard InChI is InChI=1S/C19H20BrN3O3/c1-12-9-15(20)5-8-17(12)23-19(26)11-21-18(25)10-14-3-6-16(7-4-14)22-13(2)24/h3-9H,10-11H2,1-2H3,(H,21,25)(H,22,24)(H,23,26). The van der Waals surface area contributed by atoms with Gasteiger partial charge in [0.05, 0.1) is 13.0 Å². The number of aryl methyl sites for hydroxylation is 1. The van der Waals surface area contributed by atoms with Gasteiger partial charge in [0.15, 0.2) is 0 Å². The Balaban J connectivity index is 1.80. The summed E-state index contributed by atoms with van der Waals surface area (Å²) in [5.41, 5.74) is 3.10. The molecule has 26 heavy (non-hydrogen) atoms. The number of nitrogens with one attached hydrogen (secondary N) is 3. The molecule has 0 unspecified atom stereocenters. The van der Waals surface area contributed by atoms with E-state index in [9.17, 15) is 14.4 Å². The molecule has 0 aliphatic rings. The van der Waals surface area contributed by atoms with Crippen LogP contribution in [0, 0.1) is 6.92 Å². The summed E-state index contributed by atoms with van der Waals surface area (Å²) >= 11 is 3.37. The summed E-state index contributed by atoms with van der Waals surface area (Å²) in [5, 5.41) is 8.03. The zero-order valence-corrected chi connectivity index (χ0v) is 16.1. The van der Waals surface area contributed by atoms with Gasteiger partial charge in [0, 0.05) is 22.8 Å². The highest BCUT2D eigenvalue weighted by Gasteiger charge is 2.08. The number of carbonyl (C=O) groups is 3. The SMILES string of the molecule is CC(=O)Nc1ccc(CC(=O)NCC(=O)Nc2ccc(Br)cc2C)cc1. The molecular weight excluding hydrogens is 398 g/mol. The molecule has 7 heteroatoms. The van der Waals surface area contributed by atoms with Gasteiger partial charge in [-0.15, -0.1) is 0 Å². The van der Waals surface area contributed by atoms with E-state index in [0.29, 0.717) is 11.4 Å². The van der Waals surface area contributed by atoms with Crippen LogP contribution in [-0.4, -0.2) is 24.3 Å². The number of carbonyl (C=O) groups excluding carboxylic acids is 3. The monoisotopic (exact) mass is 417 g/mol. The van der Waals surface area contributed by atoms with Crippen molar-refractivity contribution in [1.29, 1.82) is 0 Å². The van der Waals surface area contributed by atoms with Gasteiger partial charge in [-0.1, -0.05) is 28.1 Å². The fourth-order valence-electron chi connectivity index (χ4n) is 2.30. The molecule has 0 bridgehead atoms. The first-order valence-electron chi connectivity index (χ1n) is 8.02. The fraction of sp³-hybridized carbons (Fsp3) is 0.211. The van der Waals surface area contributed by atoms with Crippen LogP contribution in [0.2, 0.25) is 0 Å². The number of hydrogen-bond donors (Lipinski definition) is 3. The largest absolute Gasteiger partial charge is 0.347 e. The van der Waals surface area contributed by atoms with Crippen LogP contribution in [-0.2, 0) is 20.8 Å². The molecule has 0 aromatic heterocycles. The summed E-state index contributed by atoms with van der Waals surface area (Å²) in [6.45, 7) is 3.23. The predicted molar refractivity (Wildman–Crippen MR) is 105 cm³/mol. The van der Waals surface area contributed by atoms with Crippen molar-refractivity contribution in [2.45, 2.75) is 20.3 Å². The summed E-state index contributed by atoms with van der Waals surface area (Å²) in [6, 6.07) is 12.5. The maximum atomic E-state index is 12.0. The Bertz CT molecular complexity index is 819. The normalized spacial score (nSPS) is 10.1. The molecule has 0 spiro atoms. The van der Waals surface area contributed by atoms with Crippen LogP contribution in [0.5, 0.6) is 0 Å². The van der Waals surface area contributed by atoms with Crippen LogP contribution in [0.1, 0.15) is 18.1 Å². The summed E-state index contributed by atoms with van der Waals surface area (Å²) in [7, 11) is 0. The van der Waals surface area contributed by atoms with Crippen molar-refractivity contribution in [2.75, 3.05) is 17.2 Å². The lowest BCUT2D eigenvalue weighted by molar-refractivity contribution is -0.123. The number of hydrogen-bond acceptors (Lipinski definition) is 3. The second kappa shape index (κ2) is 9.15. The first-order valence-corrected chi connectivity index (χ1v) is 8.82. The van der Waals surface area contributed by atoms with Crippen molar-refractivity contribution in [2.24, 2.45) is 0 Å². The van der Waals surface area contributed by atoms with Crippen LogP contribution in [0.4, 0.5) is 11.4 Å². The van der Waals surface area contributed by atoms with Gasteiger partial charge in [-0.25, -0.2) is 0 Å². The molecule has 3 N–H and O–H groups in total. The van der Waals surface area contributed by atoms with Crippen LogP contribution in [0.3, 0.4) is 0 Å². The van der Waals surface area contributed by atoms with Crippen molar-refractivity contribution in [3.8, 4) is 0 Å². The van der Waals surface area contributed by atoms with E-state index < -0.39 is 0 Å². The molecule has 2 rings (SSSR count). The van der Waals surface area contributed by atoms with Crippen molar-refractivity contribution in [1.82, 2.24) is 5.32 Å². The lowest BCUT2D eigenvalue weighted by Gasteiger charge is -2.10. The molecule has 3 amide bonds. The summed E-state index contributed by atoms with van der Waals surface area (Å²) < 4.78 is 0.936. The first-order chi connectivity index (χ1) is 12.3. The van der Waals surface area contributed by atoms with E-state index in [1.54, 1.807) is 30.3 Å². The number of anilines is 2. The molecule has 0 saturated carbocycles. The van der Waals surface area contributed by atoms with E-state index in [4.69, 9.17) is 0 Å². The molecule has 0 atom stereocenters. The average molecular weight is 418 g/mol. The highest BCUT2D eigenvalue weighted by molar-refractivity contribution is 9.10. The third-order valence-electron chi connectivity index (χ3n) is 3.55. The Hall–Kier alpha value is -2.67. The van der Waals surface area contributed by atoms with Crippen molar-refractivity contribution in [3.05, 3.63) is 58.1 Å². The van der Waals surface area contributed by atoms with Crippen molar-refractivity contribution >= 4 is 45.0 Å². The maximum absolute atomic E-state index is 12.0. The van der Waals surface area contributed by atoms with E-state index >= 15 is 0 Å². The summed E-state index contributed by atoms with van der Waals surface area (Å²) in [4.78, 5) is 34.9. The van der Waals surface area contributed by atoms with Gasteiger partial charge >= 0.3 is 0 Å². The predicted octanol–water partition coefficient (Wildman–Crippen LogP) is 3.01. The number of halogens is 1. The van der Waals surface area contributed by atoms with Gasteiger partial charge < -0.3 is 16.0 Å². The van der Waals surface area contributed by atoms with Gasteiger partial charge in [-0.2, -0.15) is 0 Å². The Labute approximate surface area is 160 Å². The molecule has 2 aromatic carbocycles. The summed E-state index contributed by atoms with van der Waals surface area (Å²) in [6.07, 6.45) is 0.158. The fourth-order valence-corrected chi connectivity index (χ4v) is 2.77. The zero-order chi connectivity index (χ0) is 19.1. The zero-order valence-electron chi connectivity index (χ0n) is 14.6. The van der Waals surface area contributed by atoms with Crippen LogP contribution < -0.4 is 16.0 Å². The quantitative estimate of drug-likeness (QED) is 0.674. The molecule has 0 fully saturated rings. The molecular formula is C19H20BrN3O3. The van der Waals surface area contributed by atoms with Crippen LogP contribution in [0.25, 0.3) is 0 Å². The van der Waals surface area contributed by atoms with E-state index in [0.717, 1.165) is 15.6 Å². The second-order valence-corrected chi connectivity index (χ2v) is 6.75. The molecule has 0 aliphatic carbocycles.